The number of hydrogen-bond acceptors (Lipinski definition) is 9. The van der Waals surface area contributed by atoms with Crippen LogP contribution in [0.2, 0.25) is 0 Å². The van der Waals surface area contributed by atoms with Gasteiger partial charge >= 0.3 is 0 Å². The molecule has 10 nitrogen and oxygen atoms in total. The summed E-state index contributed by atoms with van der Waals surface area (Å²) in [5.74, 6) is 1.64. The number of carbonyl (C=O) groups is 1. The summed E-state index contributed by atoms with van der Waals surface area (Å²) in [5, 5.41) is 15.6. The molecule has 0 spiro atoms. The Labute approximate surface area is 228 Å². The van der Waals surface area contributed by atoms with Crippen LogP contribution in [-0.4, -0.2) is 73.7 Å². The van der Waals surface area contributed by atoms with Gasteiger partial charge in [0.25, 0.3) is 5.91 Å². The molecule has 4 heterocycles. The third-order valence-electron chi connectivity index (χ3n) is 6.64. The third-order valence-corrected chi connectivity index (χ3v) is 6.64. The van der Waals surface area contributed by atoms with Gasteiger partial charge in [0.05, 0.1) is 23.6 Å². The highest BCUT2D eigenvalue weighted by atomic mass is 16.1. The lowest BCUT2D eigenvalue weighted by Crippen LogP contribution is -2.49. The number of nitrogens with zero attached hydrogens (tertiary/aromatic N) is 7. The molecule has 202 valence electrons. The number of nitrogens with one attached hydrogen (secondary N) is 2. The molecule has 1 aliphatic heterocycles. The molecular formula is C29H35N9O. The van der Waals surface area contributed by atoms with Gasteiger partial charge in [-0.05, 0) is 65.0 Å². The minimum Gasteiger partial charge on any atom is -0.364 e. The SMILES string of the molecule is CC(C)N1CCN(c2cc(C(=O)Nc3cc4cc(-c5cncc(NC(C)(C)C)n5)ccc4nn3)ccn2)CC1. The molecule has 1 aromatic carbocycles. The van der Waals surface area contributed by atoms with Crippen molar-refractivity contribution < 1.29 is 4.79 Å². The summed E-state index contributed by atoms with van der Waals surface area (Å²) >= 11 is 0. The second kappa shape index (κ2) is 10.9. The van der Waals surface area contributed by atoms with E-state index in [9.17, 15) is 4.79 Å². The lowest BCUT2D eigenvalue weighted by atomic mass is 10.1. The molecular weight excluding hydrogens is 490 g/mol. The first kappa shape index (κ1) is 26.4. The monoisotopic (exact) mass is 525 g/mol. The van der Waals surface area contributed by atoms with Gasteiger partial charge in [0.2, 0.25) is 0 Å². The van der Waals surface area contributed by atoms with E-state index in [0.29, 0.717) is 23.2 Å². The standard InChI is InChI=1S/C29H35N9O/c1-19(2)37-10-12-38(13-11-37)27-16-21(8-9-31-27)28(39)33-25-15-22-14-20(6-7-23(22)35-36-25)24-17-30-18-26(32-24)34-29(3,4)5/h6-9,14-19H,10-13H2,1-5H3,(H,32,34)(H,33,36,39). The van der Waals surface area contributed by atoms with Gasteiger partial charge in [-0.15, -0.1) is 10.2 Å². The Kier molecular flexibility index (Phi) is 7.38. The molecule has 2 N–H and O–H groups in total. The zero-order valence-electron chi connectivity index (χ0n) is 23.1. The van der Waals surface area contributed by atoms with Gasteiger partial charge in [-0.1, -0.05) is 6.07 Å². The number of aromatic nitrogens is 5. The van der Waals surface area contributed by atoms with Crippen molar-refractivity contribution in [1.29, 1.82) is 0 Å². The van der Waals surface area contributed by atoms with E-state index in [-0.39, 0.29) is 11.4 Å². The summed E-state index contributed by atoms with van der Waals surface area (Å²) in [5.41, 5.74) is 2.76. The largest absolute Gasteiger partial charge is 0.364 e. The molecule has 4 aromatic rings. The van der Waals surface area contributed by atoms with E-state index in [1.54, 1.807) is 24.7 Å². The molecule has 0 atom stereocenters. The van der Waals surface area contributed by atoms with Crippen LogP contribution >= 0.6 is 0 Å². The highest BCUT2D eigenvalue weighted by Crippen LogP contribution is 2.25. The maximum Gasteiger partial charge on any atom is 0.257 e. The fourth-order valence-corrected chi connectivity index (χ4v) is 4.60. The Bertz CT molecular complexity index is 1470. The number of pyridine rings is 1. The van der Waals surface area contributed by atoms with E-state index in [2.05, 4.69) is 75.2 Å². The maximum atomic E-state index is 13.1. The van der Waals surface area contributed by atoms with Crippen molar-refractivity contribution >= 4 is 34.3 Å². The second-order valence-electron chi connectivity index (χ2n) is 11.1. The number of rotatable bonds is 6. The molecule has 5 rings (SSSR count). The number of carbonyl (C=O) groups excluding carboxylic acids is 1. The summed E-state index contributed by atoms with van der Waals surface area (Å²) in [4.78, 5) is 31.4. The highest BCUT2D eigenvalue weighted by molar-refractivity contribution is 6.04. The summed E-state index contributed by atoms with van der Waals surface area (Å²) < 4.78 is 0. The van der Waals surface area contributed by atoms with Crippen LogP contribution in [0.25, 0.3) is 22.2 Å². The van der Waals surface area contributed by atoms with Crippen molar-refractivity contribution in [2.45, 2.75) is 46.2 Å². The Morgan fingerprint density at radius 3 is 2.49 bits per heavy atom. The fraction of sp³-hybridized carbons (Fsp3) is 0.379. The van der Waals surface area contributed by atoms with E-state index in [1.807, 2.05) is 30.3 Å². The number of hydrogen-bond donors (Lipinski definition) is 2. The van der Waals surface area contributed by atoms with Gasteiger partial charge < -0.3 is 15.5 Å². The number of anilines is 3. The molecule has 39 heavy (non-hydrogen) atoms. The second-order valence-corrected chi connectivity index (χ2v) is 11.1. The van der Waals surface area contributed by atoms with E-state index < -0.39 is 0 Å². The van der Waals surface area contributed by atoms with Gasteiger partial charge in [-0.3, -0.25) is 14.7 Å². The summed E-state index contributed by atoms with van der Waals surface area (Å²) in [6.07, 6.45) is 5.13. The first-order valence-corrected chi connectivity index (χ1v) is 13.3. The van der Waals surface area contributed by atoms with Gasteiger partial charge in [0.15, 0.2) is 5.82 Å². The number of benzene rings is 1. The molecule has 10 heteroatoms. The predicted octanol–water partition coefficient (Wildman–Crippen LogP) is 4.47. The van der Waals surface area contributed by atoms with Crippen molar-refractivity contribution in [1.82, 2.24) is 30.0 Å². The van der Waals surface area contributed by atoms with Gasteiger partial charge in [-0.2, -0.15) is 0 Å². The van der Waals surface area contributed by atoms with Crippen LogP contribution in [0.5, 0.6) is 0 Å². The lowest BCUT2D eigenvalue weighted by Gasteiger charge is -2.37. The zero-order valence-corrected chi connectivity index (χ0v) is 23.1. The smallest absolute Gasteiger partial charge is 0.257 e. The Morgan fingerprint density at radius 2 is 1.74 bits per heavy atom. The van der Waals surface area contributed by atoms with Gasteiger partial charge in [-0.25, -0.2) is 9.97 Å². The van der Waals surface area contributed by atoms with Crippen LogP contribution < -0.4 is 15.5 Å². The molecule has 1 amide bonds. The van der Waals surface area contributed by atoms with Crippen molar-refractivity contribution in [3.05, 3.63) is 60.6 Å². The Hall–Kier alpha value is -4.18. The summed E-state index contributed by atoms with van der Waals surface area (Å²) in [6, 6.07) is 11.7. The summed E-state index contributed by atoms with van der Waals surface area (Å²) in [6.45, 7) is 14.4. The molecule has 1 fully saturated rings. The van der Waals surface area contributed by atoms with Crippen molar-refractivity contribution in [3.63, 3.8) is 0 Å². The zero-order chi connectivity index (χ0) is 27.6. The fourth-order valence-electron chi connectivity index (χ4n) is 4.60. The molecule has 1 saturated heterocycles. The molecule has 0 aliphatic carbocycles. The van der Waals surface area contributed by atoms with Crippen LogP contribution in [0.15, 0.2) is 55.0 Å². The van der Waals surface area contributed by atoms with E-state index in [4.69, 9.17) is 4.98 Å². The third kappa shape index (κ3) is 6.46. The van der Waals surface area contributed by atoms with E-state index in [0.717, 1.165) is 54.2 Å². The van der Waals surface area contributed by atoms with Crippen LogP contribution in [-0.2, 0) is 0 Å². The molecule has 0 radical (unpaired) electrons. The molecule has 1 aliphatic rings. The van der Waals surface area contributed by atoms with E-state index in [1.165, 1.54) is 0 Å². The first-order valence-electron chi connectivity index (χ1n) is 13.3. The van der Waals surface area contributed by atoms with Crippen LogP contribution in [0.4, 0.5) is 17.5 Å². The van der Waals surface area contributed by atoms with Gasteiger partial charge in [0, 0.05) is 60.5 Å². The highest BCUT2D eigenvalue weighted by Gasteiger charge is 2.21. The molecule has 0 bridgehead atoms. The average Bonchev–Trinajstić information content (AvgIpc) is 2.92. The Balaban J connectivity index is 1.32. The first-order chi connectivity index (χ1) is 18.6. The van der Waals surface area contributed by atoms with Crippen molar-refractivity contribution in [2.24, 2.45) is 0 Å². The topological polar surface area (TPSA) is 112 Å². The average molecular weight is 526 g/mol. The number of fused-ring (bicyclic) bond motifs is 1. The van der Waals surface area contributed by atoms with Crippen LogP contribution in [0.1, 0.15) is 45.0 Å². The minimum absolute atomic E-state index is 0.127. The molecule has 0 unspecified atom stereocenters. The molecule has 3 aromatic heterocycles. The van der Waals surface area contributed by atoms with Crippen molar-refractivity contribution in [2.75, 3.05) is 41.7 Å². The Morgan fingerprint density at radius 1 is 0.949 bits per heavy atom. The summed E-state index contributed by atoms with van der Waals surface area (Å²) in [7, 11) is 0. The normalized spacial score (nSPS) is 14.6. The maximum absolute atomic E-state index is 13.1. The lowest BCUT2D eigenvalue weighted by molar-refractivity contribution is 0.102. The van der Waals surface area contributed by atoms with Crippen molar-refractivity contribution in [3.8, 4) is 11.3 Å². The van der Waals surface area contributed by atoms with E-state index >= 15 is 0 Å². The predicted molar refractivity (Wildman–Crippen MR) is 155 cm³/mol. The number of piperazine rings is 1. The number of amides is 1. The quantitative estimate of drug-likeness (QED) is 0.376. The molecule has 0 saturated carbocycles. The van der Waals surface area contributed by atoms with Gasteiger partial charge in [0.1, 0.15) is 11.6 Å². The van der Waals surface area contributed by atoms with Crippen LogP contribution in [0.3, 0.4) is 0 Å². The van der Waals surface area contributed by atoms with Crippen LogP contribution in [0, 0.1) is 0 Å². The minimum atomic E-state index is -0.254.